The predicted molar refractivity (Wildman–Crippen MR) is 142 cm³/mol. The Balaban J connectivity index is 1.94. The van der Waals surface area contributed by atoms with Crippen LogP contribution in [0.5, 0.6) is 5.75 Å². The molecule has 1 amide bonds. The standard InChI is InChI=1S/C27H39N3O5S/c1-20-17-25(35-7)18-21(2)26(20)36(33,34)30(6)16-13-24(31)19-22-9-11-23(12-10-22)27(32)29(5)15-8-14-28(3)4/h9-12,17-18H,8,13-16,19H2,1-7H3. The van der Waals surface area contributed by atoms with Gasteiger partial charge in [-0.05, 0) is 81.9 Å². The second-order valence-corrected chi connectivity index (χ2v) is 11.4. The van der Waals surface area contributed by atoms with E-state index in [1.807, 2.05) is 14.1 Å². The first-order valence-electron chi connectivity index (χ1n) is 12.0. The van der Waals surface area contributed by atoms with Crippen molar-refractivity contribution in [2.75, 3.05) is 54.9 Å². The van der Waals surface area contributed by atoms with Crippen molar-refractivity contribution in [3.63, 3.8) is 0 Å². The molecule has 0 unspecified atom stereocenters. The van der Waals surface area contributed by atoms with Gasteiger partial charge in [0.1, 0.15) is 11.5 Å². The van der Waals surface area contributed by atoms with Gasteiger partial charge < -0.3 is 14.5 Å². The number of hydrogen-bond acceptors (Lipinski definition) is 6. The molecule has 0 radical (unpaired) electrons. The number of ether oxygens (including phenoxy) is 1. The minimum absolute atomic E-state index is 0.0532. The molecule has 0 atom stereocenters. The quantitative estimate of drug-likeness (QED) is 0.406. The van der Waals surface area contributed by atoms with E-state index in [-0.39, 0.29) is 36.0 Å². The monoisotopic (exact) mass is 517 g/mol. The molecule has 0 fully saturated rings. The van der Waals surface area contributed by atoms with E-state index in [0.717, 1.165) is 18.5 Å². The molecule has 0 bridgehead atoms. The highest BCUT2D eigenvalue weighted by molar-refractivity contribution is 7.89. The number of carbonyl (C=O) groups is 2. The van der Waals surface area contributed by atoms with E-state index >= 15 is 0 Å². The number of aryl methyl sites for hydroxylation is 2. The summed E-state index contributed by atoms with van der Waals surface area (Å²) in [6, 6.07) is 10.4. The average Bonchev–Trinajstić information content (AvgIpc) is 2.81. The number of Topliss-reactive ketones (excluding diaryl/α,β-unsaturated/α-hetero) is 1. The molecule has 36 heavy (non-hydrogen) atoms. The normalized spacial score (nSPS) is 11.7. The lowest BCUT2D eigenvalue weighted by Crippen LogP contribution is -2.30. The summed E-state index contributed by atoms with van der Waals surface area (Å²) in [5, 5.41) is 0. The first kappa shape index (κ1) is 29.5. The zero-order valence-corrected chi connectivity index (χ0v) is 23.3. The molecule has 0 spiro atoms. The lowest BCUT2D eigenvalue weighted by molar-refractivity contribution is -0.118. The van der Waals surface area contributed by atoms with Crippen LogP contribution in [-0.4, -0.2) is 89.1 Å². The molecule has 0 heterocycles. The minimum atomic E-state index is -3.75. The van der Waals surface area contributed by atoms with Crippen molar-refractivity contribution in [3.05, 3.63) is 58.7 Å². The highest BCUT2D eigenvalue weighted by atomic mass is 32.2. The molecule has 198 valence electrons. The highest BCUT2D eigenvalue weighted by Crippen LogP contribution is 2.27. The molecule has 0 aliphatic heterocycles. The van der Waals surface area contributed by atoms with Crippen molar-refractivity contribution in [1.29, 1.82) is 0 Å². The summed E-state index contributed by atoms with van der Waals surface area (Å²) in [4.78, 5) is 29.2. The Morgan fingerprint density at radius 1 is 0.889 bits per heavy atom. The van der Waals surface area contributed by atoms with Gasteiger partial charge in [0.25, 0.3) is 5.91 Å². The van der Waals surface area contributed by atoms with Crippen LogP contribution in [0.1, 0.15) is 39.9 Å². The van der Waals surface area contributed by atoms with Crippen LogP contribution in [0.3, 0.4) is 0 Å². The number of benzene rings is 2. The number of nitrogens with zero attached hydrogens (tertiary/aromatic N) is 3. The molecule has 0 aliphatic carbocycles. The Kier molecular flexibility index (Phi) is 10.6. The molecule has 8 nitrogen and oxygen atoms in total. The van der Waals surface area contributed by atoms with Gasteiger partial charge in [0.15, 0.2) is 0 Å². The summed E-state index contributed by atoms with van der Waals surface area (Å²) < 4.78 is 32.7. The summed E-state index contributed by atoms with van der Waals surface area (Å²) in [7, 11) is 5.07. The van der Waals surface area contributed by atoms with Gasteiger partial charge in [0, 0.05) is 45.6 Å². The molecule has 0 saturated carbocycles. The van der Waals surface area contributed by atoms with Crippen LogP contribution < -0.4 is 4.74 Å². The first-order chi connectivity index (χ1) is 16.9. The van der Waals surface area contributed by atoms with E-state index in [0.29, 0.717) is 29.0 Å². The Bertz CT molecular complexity index is 1140. The second-order valence-electron chi connectivity index (χ2n) is 9.46. The number of carbonyl (C=O) groups excluding carboxylic acids is 2. The lowest BCUT2D eigenvalue weighted by atomic mass is 10.0. The summed E-state index contributed by atoms with van der Waals surface area (Å²) in [6.07, 6.45) is 1.17. The summed E-state index contributed by atoms with van der Waals surface area (Å²) in [5.41, 5.74) is 2.57. The molecule has 0 aliphatic rings. The number of rotatable bonds is 13. The molecule has 2 rings (SSSR count). The van der Waals surface area contributed by atoms with E-state index < -0.39 is 10.0 Å². The van der Waals surface area contributed by atoms with Crippen molar-refractivity contribution in [2.45, 2.75) is 38.0 Å². The molecule has 0 aromatic heterocycles. The van der Waals surface area contributed by atoms with Crippen LogP contribution in [0.2, 0.25) is 0 Å². The van der Waals surface area contributed by atoms with Crippen molar-refractivity contribution < 1.29 is 22.7 Å². The number of amides is 1. The lowest BCUT2D eigenvalue weighted by Gasteiger charge is -2.20. The van der Waals surface area contributed by atoms with Gasteiger partial charge in [-0.3, -0.25) is 9.59 Å². The van der Waals surface area contributed by atoms with Crippen molar-refractivity contribution in [2.24, 2.45) is 0 Å². The fourth-order valence-corrected chi connectivity index (χ4v) is 5.60. The highest BCUT2D eigenvalue weighted by Gasteiger charge is 2.26. The third kappa shape index (κ3) is 7.88. The SMILES string of the molecule is COc1cc(C)c(S(=O)(=O)N(C)CCC(=O)Cc2ccc(C(=O)N(C)CCCN(C)C)cc2)c(C)c1. The van der Waals surface area contributed by atoms with Crippen LogP contribution in [0.4, 0.5) is 0 Å². The van der Waals surface area contributed by atoms with E-state index in [2.05, 4.69) is 4.90 Å². The second kappa shape index (κ2) is 13.0. The van der Waals surface area contributed by atoms with Gasteiger partial charge in [-0.15, -0.1) is 0 Å². The molecular weight excluding hydrogens is 478 g/mol. The Labute approximate surface area is 215 Å². The number of sulfonamides is 1. The zero-order valence-electron chi connectivity index (χ0n) is 22.5. The van der Waals surface area contributed by atoms with Crippen LogP contribution >= 0.6 is 0 Å². The molecule has 2 aromatic carbocycles. The van der Waals surface area contributed by atoms with Crippen LogP contribution in [-0.2, 0) is 21.2 Å². The van der Waals surface area contributed by atoms with E-state index in [4.69, 9.17) is 4.74 Å². The summed E-state index contributed by atoms with van der Waals surface area (Å²) in [6.45, 7) is 5.13. The van der Waals surface area contributed by atoms with E-state index in [1.54, 1.807) is 62.2 Å². The van der Waals surface area contributed by atoms with Gasteiger partial charge >= 0.3 is 0 Å². The number of ketones is 1. The Morgan fingerprint density at radius 2 is 1.47 bits per heavy atom. The zero-order chi connectivity index (χ0) is 27.0. The number of hydrogen-bond donors (Lipinski definition) is 0. The van der Waals surface area contributed by atoms with Crippen molar-refractivity contribution in [3.8, 4) is 5.75 Å². The fraction of sp³-hybridized carbons (Fsp3) is 0.481. The van der Waals surface area contributed by atoms with Crippen LogP contribution in [0.15, 0.2) is 41.3 Å². The summed E-state index contributed by atoms with van der Waals surface area (Å²) >= 11 is 0. The van der Waals surface area contributed by atoms with Crippen LogP contribution in [0.25, 0.3) is 0 Å². The Hall–Kier alpha value is -2.75. The van der Waals surface area contributed by atoms with Crippen molar-refractivity contribution in [1.82, 2.24) is 14.1 Å². The predicted octanol–water partition coefficient (Wildman–Crippen LogP) is 3.16. The smallest absolute Gasteiger partial charge is 0.253 e. The third-order valence-corrected chi connectivity index (χ3v) is 8.25. The molecule has 9 heteroatoms. The summed E-state index contributed by atoms with van der Waals surface area (Å²) in [5.74, 6) is 0.480. The topological polar surface area (TPSA) is 87.2 Å². The molecule has 0 saturated heterocycles. The van der Waals surface area contributed by atoms with E-state index in [9.17, 15) is 18.0 Å². The number of methoxy groups -OCH3 is 1. The van der Waals surface area contributed by atoms with Gasteiger partial charge in [0.05, 0.1) is 12.0 Å². The third-order valence-electron chi connectivity index (χ3n) is 6.09. The largest absolute Gasteiger partial charge is 0.497 e. The maximum Gasteiger partial charge on any atom is 0.253 e. The van der Waals surface area contributed by atoms with E-state index in [1.165, 1.54) is 18.5 Å². The van der Waals surface area contributed by atoms with Gasteiger partial charge in [-0.25, -0.2) is 12.7 Å². The Morgan fingerprint density at radius 3 is 2.00 bits per heavy atom. The maximum atomic E-state index is 13.1. The first-order valence-corrected chi connectivity index (χ1v) is 13.4. The van der Waals surface area contributed by atoms with Gasteiger partial charge in [0.2, 0.25) is 10.0 Å². The van der Waals surface area contributed by atoms with Crippen molar-refractivity contribution >= 4 is 21.7 Å². The average molecular weight is 518 g/mol. The van der Waals surface area contributed by atoms with Gasteiger partial charge in [-0.2, -0.15) is 0 Å². The van der Waals surface area contributed by atoms with Crippen LogP contribution in [0, 0.1) is 13.8 Å². The molecule has 0 N–H and O–H groups in total. The fourth-order valence-electron chi connectivity index (χ4n) is 4.02. The molecular formula is C27H39N3O5S. The van der Waals surface area contributed by atoms with Gasteiger partial charge in [-0.1, -0.05) is 12.1 Å². The maximum absolute atomic E-state index is 13.1. The molecule has 2 aromatic rings. The minimum Gasteiger partial charge on any atom is -0.497 e.